The van der Waals surface area contributed by atoms with Crippen molar-refractivity contribution in [2.24, 2.45) is 0 Å². The quantitative estimate of drug-likeness (QED) is 0.151. The molecule has 0 unspecified atom stereocenters. The fourth-order valence-electron chi connectivity index (χ4n) is 8.33. The van der Waals surface area contributed by atoms with Crippen molar-refractivity contribution >= 4 is 38.6 Å². The van der Waals surface area contributed by atoms with Gasteiger partial charge in [-0.15, -0.1) is 0 Å². The van der Waals surface area contributed by atoms with Crippen molar-refractivity contribution < 1.29 is 0 Å². The first kappa shape index (κ1) is 34.0. The Balaban J connectivity index is 1.18. The van der Waals surface area contributed by atoms with Crippen molar-refractivity contribution in [3.8, 4) is 55.6 Å². The average Bonchev–Trinajstić information content (AvgIpc) is 3.30. The van der Waals surface area contributed by atoms with E-state index in [0.717, 1.165) is 22.6 Å². The van der Waals surface area contributed by atoms with Gasteiger partial charge in [-0.05, 0) is 108 Å². The highest BCUT2D eigenvalue weighted by atomic mass is 15.1. The Kier molecular flexibility index (Phi) is 8.95. The van der Waals surface area contributed by atoms with E-state index >= 15 is 0 Å². The lowest BCUT2D eigenvalue weighted by Crippen LogP contribution is -2.11. The molecule has 0 saturated carbocycles. The number of anilines is 3. The van der Waals surface area contributed by atoms with Crippen LogP contribution in [-0.4, -0.2) is 0 Å². The van der Waals surface area contributed by atoms with Crippen molar-refractivity contribution in [3.05, 3.63) is 237 Å². The Morgan fingerprint density at radius 2 is 0.789 bits per heavy atom. The standard InChI is InChI=1S/C56H39N/c1-4-16-40(17-5-1)46-33-37-55(54(39-46)43-20-8-3-9-21-43)57(49-26-14-25-47(38-49)51-29-15-24-41-22-10-12-27-50(41)51)48-34-30-45(31-35-48)56-52-28-13-11-23-44(52)32-36-53(56)42-18-6-2-7-19-42/h1-39H. The number of nitrogens with zero attached hydrogens (tertiary/aromatic N) is 1. The van der Waals surface area contributed by atoms with Gasteiger partial charge in [0.2, 0.25) is 0 Å². The van der Waals surface area contributed by atoms with Crippen molar-refractivity contribution in [1.29, 1.82) is 0 Å². The monoisotopic (exact) mass is 725 g/mol. The van der Waals surface area contributed by atoms with Crippen LogP contribution in [0, 0.1) is 0 Å². The highest BCUT2D eigenvalue weighted by Crippen LogP contribution is 2.45. The van der Waals surface area contributed by atoms with Gasteiger partial charge in [0.15, 0.2) is 0 Å². The minimum absolute atomic E-state index is 1.08. The second-order valence-corrected chi connectivity index (χ2v) is 14.5. The summed E-state index contributed by atoms with van der Waals surface area (Å²) in [6, 6.07) is 85.7. The van der Waals surface area contributed by atoms with Crippen LogP contribution in [0.2, 0.25) is 0 Å². The van der Waals surface area contributed by atoms with Gasteiger partial charge in [-0.2, -0.15) is 0 Å². The molecular formula is C56H39N. The first-order chi connectivity index (χ1) is 28.3. The molecule has 0 saturated heterocycles. The average molecular weight is 726 g/mol. The zero-order valence-electron chi connectivity index (χ0n) is 31.5. The summed E-state index contributed by atoms with van der Waals surface area (Å²) in [6.07, 6.45) is 0. The van der Waals surface area contributed by atoms with E-state index < -0.39 is 0 Å². The van der Waals surface area contributed by atoms with Gasteiger partial charge in [0.25, 0.3) is 0 Å². The molecule has 1 heteroatoms. The molecule has 57 heavy (non-hydrogen) atoms. The van der Waals surface area contributed by atoms with Crippen LogP contribution in [0.4, 0.5) is 17.1 Å². The zero-order valence-corrected chi connectivity index (χ0v) is 31.5. The molecule has 1 nitrogen and oxygen atoms in total. The molecule has 0 fully saturated rings. The van der Waals surface area contributed by atoms with Crippen molar-refractivity contribution in [2.45, 2.75) is 0 Å². The number of benzene rings is 10. The maximum absolute atomic E-state index is 2.43. The Morgan fingerprint density at radius 3 is 1.51 bits per heavy atom. The highest BCUT2D eigenvalue weighted by Gasteiger charge is 2.20. The van der Waals surface area contributed by atoms with Gasteiger partial charge in [-0.3, -0.25) is 0 Å². The summed E-state index contributed by atoms with van der Waals surface area (Å²) in [5.41, 5.74) is 15.2. The van der Waals surface area contributed by atoms with Crippen LogP contribution in [-0.2, 0) is 0 Å². The van der Waals surface area contributed by atoms with Crippen LogP contribution in [0.1, 0.15) is 0 Å². The van der Waals surface area contributed by atoms with E-state index in [4.69, 9.17) is 0 Å². The predicted molar refractivity (Wildman–Crippen MR) is 243 cm³/mol. The van der Waals surface area contributed by atoms with E-state index in [1.165, 1.54) is 71.6 Å². The summed E-state index contributed by atoms with van der Waals surface area (Å²) in [4.78, 5) is 2.43. The van der Waals surface area contributed by atoms with Gasteiger partial charge in [-0.25, -0.2) is 0 Å². The van der Waals surface area contributed by atoms with Crippen LogP contribution in [0.15, 0.2) is 237 Å². The Bertz CT molecular complexity index is 2980. The third kappa shape index (κ3) is 6.56. The minimum Gasteiger partial charge on any atom is -0.310 e. The van der Waals surface area contributed by atoms with Crippen LogP contribution >= 0.6 is 0 Å². The molecule has 10 rings (SSSR count). The lowest BCUT2D eigenvalue weighted by Gasteiger charge is -2.29. The van der Waals surface area contributed by atoms with E-state index in [9.17, 15) is 0 Å². The van der Waals surface area contributed by atoms with Gasteiger partial charge in [0.05, 0.1) is 5.69 Å². The fraction of sp³-hybridized carbons (Fsp3) is 0. The van der Waals surface area contributed by atoms with Crippen LogP contribution in [0.3, 0.4) is 0 Å². The van der Waals surface area contributed by atoms with Gasteiger partial charge in [0.1, 0.15) is 0 Å². The fourth-order valence-corrected chi connectivity index (χ4v) is 8.33. The van der Waals surface area contributed by atoms with E-state index in [1.807, 2.05) is 0 Å². The summed E-state index contributed by atoms with van der Waals surface area (Å²) < 4.78 is 0. The largest absolute Gasteiger partial charge is 0.310 e. The molecule has 0 N–H and O–H groups in total. The number of hydrogen-bond acceptors (Lipinski definition) is 1. The number of hydrogen-bond donors (Lipinski definition) is 0. The molecule has 0 aromatic heterocycles. The van der Waals surface area contributed by atoms with Crippen molar-refractivity contribution in [1.82, 2.24) is 0 Å². The summed E-state index contributed by atoms with van der Waals surface area (Å²) in [5.74, 6) is 0. The van der Waals surface area contributed by atoms with Crippen molar-refractivity contribution in [3.63, 3.8) is 0 Å². The van der Waals surface area contributed by atoms with E-state index in [2.05, 4.69) is 241 Å². The molecule has 0 spiro atoms. The topological polar surface area (TPSA) is 3.24 Å². The van der Waals surface area contributed by atoms with E-state index in [0.29, 0.717) is 0 Å². The molecule has 0 heterocycles. The normalized spacial score (nSPS) is 11.2. The van der Waals surface area contributed by atoms with Gasteiger partial charge in [-0.1, -0.05) is 200 Å². The molecule has 0 radical (unpaired) electrons. The maximum Gasteiger partial charge on any atom is 0.0540 e. The first-order valence-corrected chi connectivity index (χ1v) is 19.6. The summed E-state index contributed by atoms with van der Waals surface area (Å²) in [6.45, 7) is 0. The third-order valence-corrected chi connectivity index (χ3v) is 11.1. The van der Waals surface area contributed by atoms with Gasteiger partial charge < -0.3 is 4.90 Å². The Hall–Kier alpha value is -7.48. The molecule has 268 valence electrons. The van der Waals surface area contributed by atoms with Crippen LogP contribution < -0.4 is 4.90 Å². The third-order valence-electron chi connectivity index (χ3n) is 11.1. The van der Waals surface area contributed by atoms with Crippen molar-refractivity contribution in [2.75, 3.05) is 4.90 Å². The minimum atomic E-state index is 1.08. The molecule has 10 aromatic rings. The maximum atomic E-state index is 2.43. The molecule has 0 aliphatic carbocycles. The predicted octanol–water partition coefficient (Wildman–Crippen LogP) is 15.8. The lowest BCUT2D eigenvalue weighted by molar-refractivity contribution is 1.28. The first-order valence-electron chi connectivity index (χ1n) is 19.6. The molecule has 0 amide bonds. The molecule has 0 bridgehead atoms. The molecule has 0 atom stereocenters. The second-order valence-electron chi connectivity index (χ2n) is 14.5. The summed E-state index contributed by atoms with van der Waals surface area (Å²) >= 11 is 0. The molecule has 0 aliphatic heterocycles. The molecular weight excluding hydrogens is 687 g/mol. The van der Waals surface area contributed by atoms with E-state index in [1.54, 1.807) is 0 Å². The Morgan fingerprint density at radius 1 is 0.246 bits per heavy atom. The van der Waals surface area contributed by atoms with E-state index in [-0.39, 0.29) is 0 Å². The zero-order chi connectivity index (χ0) is 38.0. The van der Waals surface area contributed by atoms with Crippen LogP contribution in [0.5, 0.6) is 0 Å². The smallest absolute Gasteiger partial charge is 0.0540 e. The summed E-state index contributed by atoms with van der Waals surface area (Å²) in [5, 5.41) is 4.96. The second kappa shape index (κ2) is 15.0. The SMILES string of the molecule is c1ccc(-c2ccc(N(c3ccc(-c4c(-c5ccccc5)ccc5ccccc45)cc3)c3cccc(-c4cccc5ccccc45)c3)c(-c3ccccc3)c2)cc1. The number of fused-ring (bicyclic) bond motifs is 2. The van der Waals surface area contributed by atoms with Crippen LogP contribution in [0.25, 0.3) is 77.2 Å². The molecule has 0 aliphatic rings. The molecule has 10 aromatic carbocycles. The van der Waals surface area contributed by atoms with Gasteiger partial charge >= 0.3 is 0 Å². The summed E-state index contributed by atoms with van der Waals surface area (Å²) in [7, 11) is 0. The highest BCUT2D eigenvalue weighted by molar-refractivity contribution is 6.05. The Labute approximate surface area is 334 Å². The van der Waals surface area contributed by atoms with Gasteiger partial charge in [0, 0.05) is 16.9 Å². The number of rotatable bonds is 8. The lowest BCUT2D eigenvalue weighted by atomic mass is 9.89.